The van der Waals surface area contributed by atoms with Gasteiger partial charge in [-0.25, -0.2) is 0 Å². The van der Waals surface area contributed by atoms with Crippen LogP contribution in [0.3, 0.4) is 0 Å². The predicted octanol–water partition coefficient (Wildman–Crippen LogP) is 2.01. The SMILES string of the molecule is CNCC(F)(F)c1cccc(OC)c1. The summed E-state index contributed by atoms with van der Waals surface area (Å²) < 4.78 is 31.6. The minimum atomic E-state index is -2.86. The lowest BCUT2D eigenvalue weighted by atomic mass is 10.1. The summed E-state index contributed by atoms with van der Waals surface area (Å²) in [5, 5.41) is 2.45. The lowest BCUT2D eigenvalue weighted by Gasteiger charge is -2.16. The molecule has 0 amide bonds. The summed E-state index contributed by atoms with van der Waals surface area (Å²) in [4.78, 5) is 0. The molecule has 2 nitrogen and oxygen atoms in total. The molecule has 0 heterocycles. The van der Waals surface area contributed by atoms with Crippen LogP contribution in [-0.2, 0) is 5.92 Å². The van der Waals surface area contributed by atoms with Crippen LogP contribution in [0.4, 0.5) is 8.78 Å². The molecule has 1 aromatic rings. The minimum Gasteiger partial charge on any atom is -0.497 e. The molecular formula is C10H13F2NO. The molecule has 1 aromatic carbocycles. The quantitative estimate of drug-likeness (QED) is 0.804. The van der Waals surface area contributed by atoms with Crippen LogP contribution < -0.4 is 10.1 Å². The van der Waals surface area contributed by atoms with Gasteiger partial charge in [0.25, 0.3) is 5.92 Å². The second-order valence-electron chi connectivity index (χ2n) is 2.97. The van der Waals surface area contributed by atoms with Crippen molar-refractivity contribution < 1.29 is 13.5 Å². The van der Waals surface area contributed by atoms with E-state index in [1.165, 1.54) is 26.3 Å². The Bertz CT molecular complexity index is 302. The van der Waals surface area contributed by atoms with Gasteiger partial charge in [0.1, 0.15) is 5.75 Å². The van der Waals surface area contributed by atoms with Crippen LogP contribution in [-0.4, -0.2) is 20.7 Å². The summed E-state index contributed by atoms with van der Waals surface area (Å²) >= 11 is 0. The van der Waals surface area contributed by atoms with Gasteiger partial charge in [0.2, 0.25) is 0 Å². The maximum Gasteiger partial charge on any atom is 0.285 e. The minimum absolute atomic E-state index is 0.0359. The fraction of sp³-hybridized carbons (Fsp3) is 0.400. The first-order chi connectivity index (χ1) is 6.60. The number of hydrogen-bond donors (Lipinski definition) is 1. The maximum absolute atomic E-state index is 13.4. The number of ether oxygens (including phenoxy) is 1. The van der Waals surface area contributed by atoms with E-state index in [9.17, 15) is 8.78 Å². The summed E-state index contributed by atoms with van der Waals surface area (Å²) in [5.41, 5.74) is -0.0359. The van der Waals surface area contributed by atoms with Crippen molar-refractivity contribution in [2.75, 3.05) is 20.7 Å². The van der Waals surface area contributed by atoms with Crippen molar-refractivity contribution in [1.29, 1.82) is 0 Å². The Kier molecular flexibility index (Phi) is 3.41. The van der Waals surface area contributed by atoms with Gasteiger partial charge in [0.15, 0.2) is 0 Å². The standard InChI is InChI=1S/C10H13F2NO/c1-13-7-10(11,12)8-4-3-5-9(6-8)14-2/h3-6,13H,7H2,1-2H3. The molecule has 0 aliphatic carbocycles. The first-order valence-electron chi connectivity index (χ1n) is 4.27. The van der Waals surface area contributed by atoms with Crippen LogP contribution in [0.5, 0.6) is 5.75 Å². The number of halogens is 2. The van der Waals surface area contributed by atoms with Gasteiger partial charge in [-0.15, -0.1) is 0 Å². The number of hydrogen-bond acceptors (Lipinski definition) is 2. The molecule has 1 N–H and O–H groups in total. The first-order valence-corrected chi connectivity index (χ1v) is 4.27. The topological polar surface area (TPSA) is 21.3 Å². The molecule has 0 fully saturated rings. The molecule has 0 aliphatic heterocycles. The molecule has 0 saturated heterocycles. The fourth-order valence-corrected chi connectivity index (χ4v) is 1.17. The van der Waals surface area contributed by atoms with Crippen molar-refractivity contribution in [3.8, 4) is 5.75 Å². The summed E-state index contributed by atoms with van der Waals surface area (Å²) in [7, 11) is 2.95. The smallest absolute Gasteiger partial charge is 0.285 e. The van der Waals surface area contributed by atoms with Crippen LogP contribution in [0.1, 0.15) is 5.56 Å². The molecule has 0 atom stereocenters. The molecule has 0 bridgehead atoms. The zero-order valence-electron chi connectivity index (χ0n) is 8.18. The predicted molar refractivity (Wildman–Crippen MR) is 50.8 cm³/mol. The van der Waals surface area contributed by atoms with Gasteiger partial charge < -0.3 is 10.1 Å². The average molecular weight is 201 g/mol. The van der Waals surface area contributed by atoms with Crippen molar-refractivity contribution in [2.45, 2.75) is 5.92 Å². The Morgan fingerprint density at radius 2 is 2.14 bits per heavy atom. The van der Waals surface area contributed by atoms with Crippen molar-refractivity contribution in [1.82, 2.24) is 5.32 Å². The van der Waals surface area contributed by atoms with E-state index in [1.807, 2.05) is 0 Å². The number of rotatable bonds is 4. The summed E-state index contributed by atoms with van der Waals surface area (Å²) in [6.07, 6.45) is 0. The number of likely N-dealkylation sites (N-methyl/N-ethyl adjacent to an activating group) is 1. The third-order valence-corrected chi connectivity index (χ3v) is 1.89. The van der Waals surface area contributed by atoms with Gasteiger partial charge in [0.05, 0.1) is 13.7 Å². The third-order valence-electron chi connectivity index (χ3n) is 1.89. The van der Waals surface area contributed by atoms with E-state index in [2.05, 4.69) is 5.32 Å². The molecule has 78 valence electrons. The molecule has 4 heteroatoms. The zero-order valence-corrected chi connectivity index (χ0v) is 8.18. The zero-order chi connectivity index (χ0) is 10.6. The second-order valence-corrected chi connectivity index (χ2v) is 2.97. The highest BCUT2D eigenvalue weighted by atomic mass is 19.3. The van der Waals surface area contributed by atoms with E-state index in [-0.39, 0.29) is 12.1 Å². The number of benzene rings is 1. The molecule has 0 spiro atoms. The summed E-state index contributed by atoms with van der Waals surface area (Å²) in [6, 6.07) is 5.92. The molecule has 14 heavy (non-hydrogen) atoms. The monoisotopic (exact) mass is 201 g/mol. The Morgan fingerprint density at radius 3 is 2.71 bits per heavy atom. The van der Waals surface area contributed by atoms with E-state index in [0.29, 0.717) is 5.75 Å². The summed E-state index contributed by atoms with van der Waals surface area (Å²) in [6.45, 7) is -0.375. The van der Waals surface area contributed by atoms with E-state index in [1.54, 1.807) is 12.1 Å². The van der Waals surface area contributed by atoms with Crippen LogP contribution in [0.25, 0.3) is 0 Å². The molecule has 1 rings (SSSR count). The van der Waals surface area contributed by atoms with E-state index < -0.39 is 5.92 Å². The van der Waals surface area contributed by atoms with E-state index in [0.717, 1.165) is 0 Å². The van der Waals surface area contributed by atoms with Crippen molar-refractivity contribution >= 4 is 0 Å². The van der Waals surface area contributed by atoms with E-state index >= 15 is 0 Å². The van der Waals surface area contributed by atoms with Gasteiger partial charge in [-0.1, -0.05) is 12.1 Å². The molecule has 0 aliphatic rings. The van der Waals surface area contributed by atoms with Crippen molar-refractivity contribution in [2.24, 2.45) is 0 Å². The van der Waals surface area contributed by atoms with Gasteiger partial charge in [0, 0.05) is 5.56 Å². The summed E-state index contributed by atoms with van der Waals surface area (Å²) in [5.74, 6) is -2.41. The third kappa shape index (κ3) is 2.42. The Morgan fingerprint density at radius 1 is 1.43 bits per heavy atom. The molecule has 0 unspecified atom stereocenters. The van der Waals surface area contributed by atoms with Crippen molar-refractivity contribution in [3.63, 3.8) is 0 Å². The lowest BCUT2D eigenvalue weighted by Crippen LogP contribution is -2.27. The van der Waals surface area contributed by atoms with Gasteiger partial charge in [-0.3, -0.25) is 0 Å². The van der Waals surface area contributed by atoms with Crippen LogP contribution in [0, 0.1) is 0 Å². The second kappa shape index (κ2) is 4.37. The van der Waals surface area contributed by atoms with Crippen LogP contribution >= 0.6 is 0 Å². The Hall–Kier alpha value is -1.16. The Balaban J connectivity index is 2.93. The van der Waals surface area contributed by atoms with Crippen LogP contribution in [0.15, 0.2) is 24.3 Å². The number of alkyl halides is 2. The normalized spacial score (nSPS) is 11.4. The molecule has 0 radical (unpaired) electrons. The van der Waals surface area contributed by atoms with Gasteiger partial charge in [-0.2, -0.15) is 8.78 Å². The largest absolute Gasteiger partial charge is 0.497 e. The highest BCUT2D eigenvalue weighted by Gasteiger charge is 2.30. The van der Waals surface area contributed by atoms with Gasteiger partial charge >= 0.3 is 0 Å². The molecule has 0 aromatic heterocycles. The fourth-order valence-electron chi connectivity index (χ4n) is 1.17. The highest BCUT2D eigenvalue weighted by molar-refractivity contribution is 5.31. The first kappa shape index (κ1) is 10.9. The number of methoxy groups -OCH3 is 1. The molecular weight excluding hydrogens is 188 g/mol. The number of nitrogens with one attached hydrogen (secondary N) is 1. The molecule has 0 saturated carbocycles. The highest BCUT2D eigenvalue weighted by Crippen LogP contribution is 2.29. The van der Waals surface area contributed by atoms with Gasteiger partial charge in [-0.05, 0) is 19.2 Å². The average Bonchev–Trinajstić information content (AvgIpc) is 2.18. The van der Waals surface area contributed by atoms with Crippen LogP contribution in [0.2, 0.25) is 0 Å². The maximum atomic E-state index is 13.4. The lowest BCUT2D eigenvalue weighted by molar-refractivity contribution is -0.00143. The van der Waals surface area contributed by atoms with Crippen molar-refractivity contribution in [3.05, 3.63) is 29.8 Å². The Labute approximate surface area is 81.9 Å². The van der Waals surface area contributed by atoms with E-state index in [4.69, 9.17) is 4.74 Å².